The first-order chi connectivity index (χ1) is 12.0. The van der Waals surface area contributed by atoms with Crippen LogP contribution >= 0.6 is 0 Å². The summed E-state index contributed by atoms with van der Waals surface area (Å²) in [6.45, 7) is 6.09. The summed E-state index contributed by atoms with van der Waals surface area (Å²) < 4.78 is 0. The maximum Gasteiger partial charge on any atom is 0.179 e. The van der Waals surface area contributed by atoms with E-state index in [0.717, 1.165) is 36.1 Å². The number of hydrogen-bond donors (Lipinski definition) is 0. The van der Waals surface area contributed by atoms with Crippen LogP contribution in [0.4, 0.5) is 0 Å². The first-order valence-corrected chi connectivity index (χ1v) is 11.2. The van der Waals surface area contributed by atoms with E-state index in [1.54, 1.807) is 0 Å². The molecule has 0 bridgehead atoms. The molecule has 7 unspecified atom stereocenters. The Balaban J connectivity index is 1.64. The smallest absolute Gasteiger partial charge is 0.179 e. The van der Waals surface area contributed by atoms with Crippen LogP contribution in [0.15, 0.2) is 0 Å². The van der Waals surface area contributed by atoms with Gasteiger partial charge in [0, 0.05) is 13.6 Å². The third-order valence-corrected chi connectivity index (χ3v) is 9.67. The van der Waals surface area contributed by atoms with Crippen molar-refractivity contribution in [2.75, 3.05) is 13.6 Å². The van der Waals surface area contributed by atoms with Crippen LogP contribution in [0.5, 0.6) is 0 Å². The molecule has 2 nitrogen and oxygen atoms in total. The average Bonchev–Trinajstić information content (AvgIpc) is 2.99. The number of fused-ring (bicyclic) bond motifs is 5. The molecule has 0 N–H and O–H groups in total. The number of hydrogen-bond acceptors (Lipinski definition) is 2. The second-order valence-corrected chi connectivity index (χ2v) is 10.3. The molecule has 25 heavy (non-hydrogen) atoms. The van der Waals surface area contributed by atoms with E-state index in [1.165, 1.54) is 70.6 Å². The first-order valence-electron chi connectivity index (χ1n) is 11.2. The Kier molecular flexibility index (Phi) is 4.58. The molecule has 0 radical (unpaired) electrons. The molecule has 0 heterocycles. The van der Waals surface area contributed by atoms with E-state index < -0.39 is 0 Å². The summed E-state index contributed by atoms with van der Waals surface area (Å²) in [5.74, 6) is 4.70. The highest BCUT2D eigenvalue weighted by Crippen LogP contribution is 2.68. The zero-order chi connectivity index (χ0) is 17.7. The lowest BCUT2D eigenvalue weighted by molar-refractivity contribution is -0.119. The van der Waals surface area contributed by atoms with Crippen LogP contribution in [0.1, 0.15) is 84.5 Å². The monoisotopic (exact) mass is 342 g/mol. The zero-order valence-electron chi connectivity index (χ0n) is 16.8. The molecule has 2 heteroatoms. The molecule has 4 saturated carbocycles. The minimum atomic E-state index is 0.443. The summed E-state index contributed by atoms with van der Waals surface area (Å²) in [5.41, 5.74) is 1.08. The molecule has 7 atom stereocenters. The van der Waals surface area contributed by atoms with Gasteiger partial charge in [0.2, 0.25) is 0 Å². The molecule has 0 spiro atoms. The van der Waals surface area contributed by atoms with Crippen LogP contribution in [-0.4, -0.2) is 18.5 Å². The van der Waals surface area contributed by atoms with Crippen LogP contribution in [0, 0.1) is 51.9 Å². The van der Waals surface area contributed by atoms with E-state index in [4.69, 9.17) is 0 Å². The molecular formula is C23H38N2. The molecule has 0 aromatic rings. The van der Waals surface area contributed by atoms with Gasteiger partial charge in [-0.3, -0.25) is 0 Å². The quantitative estimate of drug-likeness (QED) is 0.476. The Bertz CT molecular complexity index is 537. The lowest BCUT2D eigenvalue weighted by Crippen LogP contribution is -2.55. The van der Waals surface area contributed by atoms with E-state index in [0.29, 0.717) is 10.8 Å². The molecule has 4 fully saturated rings. The Labute approximate surface area is 155 Å². The predicted molar refractivity (Wildman–Crippen MR) is 103 cm³/mol. The van der Waals surface area contributed by atoms with Crippen molar-refractivity contribution in [2.24, 2.45) is 40.4 Å². The zero-order valence-corrected chi connectivity index (χ0v) is 16.8. The summed E-state index contributed by atoms with van der Waals surface area (Å²) in [4.78, 5) is 1.95. The van der Waals surface area contributed by atoms with Crippen LogP contribution in [0.25, 0.3) is 0 Å². The van der Waals surface area contributed by atoms with Gasteiger partial charge < -0.3 is 4.90 Å². The largest absolute Gasteiger partial charge is 0.313 e. The fourth-order valence-electron chi connectivity index (χ4n) is 8.63. The number of nitriles is 1. The van der Waals surface area contributed by atoms with Gasteiger partial charge in [-0.2, -0.15) is 5.26 Å². The summed E-state index contributed by atoms with van der Waals surface area (Å²) in [5, 5.41) is 9.44. The average molecular weight is 343 g/mol. The molecule has 0 saturated heterocycles. The van der Waals surface area contributed by atoms with Crippen molar-refractivity contribution in [3.63, 3.8) is 0 Å². The van der Waals surface area contributed by atoms with Gasteiger partial charge in [0.1, 0.15) is 0 Å². The Morgan fingerprint density at radius 1 is 1.00 bits per heavy atom. The van der Waals surface area contributed by atoms with Gasteiger partial charge in [0.05, 0.1) is 0 Å². The van der Waals surface area contributed by atoms with Crippen molar-refractivity contribution in [1.82, 2.24) is 4.90 Å². The van der Waals surface area contributed by atoms with E-state index in [-0.39, 0.29) is 0 Å². The maximum atomic E-state index is 9.44. The number of rotatable bonds is 3. The van der Waals surface area contributed by atoms with Crippen molar-refractivity contribution in [3.05, 3.63) is 0 Å². The highest BCUT2D eigenvalue weighted by Gasteiger charge is 2.61. The molecule has 0 aromatic carbocycles. The summed E-state index contributed by atoms with van der Waals surface area (Å²) in [6.07, 6.45) is 18.4. The normalized spacial score (nSPS) is 48.8. The topological polar surface area (TPSA) is 27.0 Å². The van der Waals surface area contributed by atoms with Crippen molar-refractivity contribution in [3.8, 4) is 6.19 Å². The molecule has 140 valence electrons. The van der Waals surface area contributed by atoms with Gasteiger partial charge in [-0.05, 0) is 91.8 Å². The Hall–Kier alpha value is -0.710. The highest BCUT2D eigenvalue weighted by atomic mass is 15.1. The van der Waals surface area contributed by atoms with Crippen LogP contribution in [0.3, 0.4) is 0 Å². The van der Waals surface area contributed by atoms with E-state index in [1.807, 2.05) is 11.9 Å². The minimum Gasteiger partial charge on any atom is -0.313 e. The third kappa shape index (κ3) is 2.55. The minimum absolute atomic E-state index is 0.443. The summed E-state index contributed by atoms with van der Waals surface area (Å²) >= 11 is 0. The van der Waals surface area contributed by atoms with Crippen LogP contribution in [0.2, 0.25) is 0 Å². The molecular weight excluding hydrogens is 304 g/mol. The molecule has 0 aromatic heterocycles. The van der Waals surface area contributed by atoms with E-state index in [2.05, 4.69) is 20.0 Å². The van der Waals surface area contributed by atoms with Crippen LogP contribution < -0.4 is 0 Å². The van der Waals surface area contributed by atoms with Crippen molar-refractivity contribution < 1.29 is 0 Å². The van der Waals surface area contributed by atoms with Gasteiger partial charge in [-0.1, -0.05) is 33.1 Å². The predicted octanol–water partition coefficient (Wildman–Crippen LogP) is 5.84. The molecule has 4 aliphatic carbocycles. The van der Waals surface area contributed by atoms with Crippen molar-refractivity contribution in [1.29, 1.82) is 5.26 Å². The Morgan fingerprint density at radius 2 is 1.84 bits per heavy atom. The maximum absolute atomic E-state index is 9.44. The van der Waals surface area contributed by atoms with Gasteiger partial charge in [-0.15, -0.1) is 0 Å². The molecule has 0 amide bonds. The van der Waals surface area contributed by atoms with Crippen molar-refractivity contribution >= 4 is 0 Å². The second kappa shape index (κ2) is 6.47. The van der Waals surface area contributed by atoms with Gasteiger partial charge >= 0.3 is 0 Å². The fraction of sp³-hybridized carbons (Fsp3) is 0.957. The first kappa shape index (κ1) is 17.7. The van der Waals surface area contributed by atoms with Gasteiger partial charge in [0.15, 0.2) is 6.19 Å². The molecule has 0 aliphatic heterocycles. The number of nitrogens with zero attached hydrogens (tertiary/aromatic N) is 2. The molecule has 4 aliphatic rings. The second-order valence-electron chi connectivity index (χ2n) is 10.3. The lowest BCUT2D eigenvalue weighted by atomic mass is 9.44. The van der Waals surface area contributed by atoms with Crippen molar-refractivity contribution in [2.45, 2.75) is 84.5 Å². The molecule has 4 rings (SSSR count). The van der Waals surface area contributed by atoms with Crippen LogP contribution in [-0.2, 0) is 0 Å². The van der Waals surface area contributed by atoms with Gasteiger partial charge in [-0.25, -0.2) is 0 Å². The van der Waals surface area contributed by atoms with E-state index in [9.17, 15) is 5.26 Å². The lowest BCUT2D eigenvalue weighted by Gasteiger charge is -2.61. The SMILES string of the molecule is CCC1CCC2C3CCC4CCCCC4(C)C3CCC12CN(C)C#N. The summed E-state index contributed by atoms with van der Waals surface area (Å²) in [6, 6.07) is 0. The highest BCUT2D eigenvalue weighted by molar-refractivity contribution is 5.10. The summed E-state index contributed by atoms with van der Waals surface area (Å²) in [7, 11) is 2.02. The van der Waals surface area contributed by atoms with E-state index >= 15 is 0 Å². The third-order valence-electron chi connectivity index (χ3n) is 9.67. The fourth-order valence-corrected chi connectivity index (χ4v) is 8.63. The standard InChI is InChI=1S/C23H38N2/c1-4-17-9-11-21-19-10-8-18-7-5-6-13-22(18,2)20(19)12-14-23(17,21)15-25(3)16-24/h17-21H,4-15H2,1-3H3. The van der Waals surface area contributed by atoms with Gasteiger partial charge in [0.25, 0.3) is 0 Å². The Morgan fingerprint density at radius 3 is 2.60 bits per heavy atom.